The lowest BCUT2D eigenvalue weighted by atomic mass is 9.84. The molecular weight excluding hydrogens is 454 g/mol. The van der Waals surface area contributed by atoms with E-state index in [0.717, 1.165) is 56.1 Å². The largest absolute Gasteiger partial charge is 0.493 e. The van der Waals surface area contributed by atoms with Gasteiger partial charge in [-0.25, -0.2) is 4.79 Å². The molecule has 0 bridgehead atoms. The summed E-state index contributed by atoms with van der Waals surface area (Å²) in [5.41, 5.74) is 4.91. The van der Waals surface area contributed by atoms with Crippen LogP contribution in [0, 0.1) is 6.92 Å². The molecule has 0 spiro atoms. The first kappa shape index (κ1) is 23.9. The number of pyridine rings is 1. The number of hydrogen-bond donors (Lipinski definition) is 1. The van der Waals surface area contributed by atoms with Crippen LogP contribution in [0.4, 0.5) is 0 Å². The van der Waals surface area contributed by atoms with Crippen LogP contribution in [0.15, 0.2) is 48.7 Å². The van der Waals surface area contributed by atoms with Crippen molar-refractivity contribution in [1.29, 1.82) is 0 Å². The van der Waals surface area contributed by atoms with Gasteiger partial charge in [-0.3, -0.25) is 9.78 Å². The number of nitrogens with zero attached hydrogens (tertiary/aromatic N) is 1. The van der Waals surface area contributed by atoms with Crippen LogP contribution in [0.3, 0.4) is 0 Å². The summed E-state index contributed by atoms with van der Waals surface area (Å²) < 4.78 is 12.3. The van der Waals surface area contributed by atoms with E-state index >= 15 is 0 Å². The number of aromatic carboxylic acids is 1. The molecule has 1 aromatic heterocycles. The lowest BCUT2D eigenvalue weighted by Crippen LogP contribution is -2.27. The molecule has 36 heavy (non-hydrogen) atoms. The Bertz CT molecular complexity index is 1540. The third-order valence-corrected chi connectivity index (χ3v) is 6.58. The maximum absolute atomic E-state index is 13.0. The van der Waals surface area contributed by atoms with Gasteiger partial charge in [0.2, 0.25) is 0 Å². The summed E-state index contributed by atoms with van der Waals surface area (Å²) >= 11 is 0. The number of aryl methyl sites for hydroxylation is 1. The van der Waals surface area contributed by atoms with Gasteiger partial charge in [-0.05, 0) is 98.0 Å². The fourth-order valence-electron chi connectivity index (χ4n) is 5.13. The van der Waals surface area contributed by atoms with Gasteiger partial charge in [0, 0.05) is 23.6 Å². The Morgan fingerprint density at radius 1 is 1.11 bits per heavy atom. The summed E-state index contributed by atoms with van der Waals surface area (Å²) in [5.74, 6) is -0.295. The van der Waals surface area contributed by atoms with E-state index in [4.69, 9.17) is 14.5 Å². The predicted octanol–water partition coefficient (Wildman–Crippen LogP) is 6.44. The van der Waals surface area contributed by atoms with Crippen molar-refractivity contribution < 1.29 is 24.2 Å². The number of carboxylic acid groups (broad SMARTS) is 1. The minimum Gasteiger partial charge on any atom is -0.493 e. The Morgan fingerprint density at radius 2 is 1.89 bits per heavy atom. The van der Waals surface area contributed by atoms with Crippen molar-refractivity contribution in [2.24, 2.45) is 0 Å². The Labute approximate surface area is 209 Å². The molecular formula is C30H29NO5. The lowest BCUT2D eigenvalue weighted by molar-refractivity contribution is -0.138. The highest BCUT2D eigenvalue weighted by Crippen LogP contribution is 2.45. The number of aromatic nitrogens is 1. The number of rotatable bonds is 5. The van der Waals surface area contributed by atoms with Gasteiger partial charge in [0.1, 0.15) is 11.9 Å². The van der Waals surface area contributed by atoms with Crippen LogP contribution >= 0.6 is 0 Å². The molecule has 1 N–H and O–H groups in total. The van der Waals surface area contributed by atoms with E-state index < -0.39 is 17.7 Å². The Hall–Kier alpha value is -3.77. The first-order chi connectivity index (χ1) is 17.0. The van der Waals surface area contributed by atoms with Gasteiger partial charge in [-0.2, -0.15) is 0 Å². The number of ketones is 1. The minimum atomic E-state index is -0.988. The first-order valence-electron chi connectivity index (χ1n) is 12.1. The van der Waals surface area contributed by atoms with Gasteiger partial charge in [0.25, 0.3) is 0 Å². The van der Waals surface area contributed by atoms with E-state index in [9.17, 15) is 14.7 Å². The molecule has 0 fully saturated rings. The summed E-state index contributed by atoms with van der Waals surface area (Å²) in [6, 6.07) is 13.0. The zero-order valence-electron chi connectivity index (χ0n) is 21.1. The molecule has 0 saturated carbocycles. The monoisotopic (exact) mass is 483 g/mol. The van der Waals surface area contributed by atoms with Crippen LogP contribution in [-0.2, 0) is 16.0 Å². The van der Waals surface area contributed by atoms with E-state index in [1.165, 1.54) is 5.56 Å². The van der Waals surface area contributed by atoms with Crippen LogP contribution < -0.4 is 4.74 Å². The van der Waals surface area contributed by atoms with Crippen LogP contribution in [0.25, 0.3) is 32.8 Å². The van der Waals surface area contributed by atoms with Crippen LogP contribution in [-0.4, -0.2) is 34.1 Å². The summed E-state index contributed by atoms with van der Waals surface area (Å²) in [6.45, 7) is 9.89. The molecule has 2 heterocycles. The fraction of sp³-hybridized carbons (Fsp3) is 0.300. The molecule has 0 aliphatic carbocycles. The SMILES string of the molecule is CC(=O)C(OC(C)(C)C)c1c(C)cc2cc(C(=O)O)ccc2c1-c1ccc2c3c(ccnc13)CCO2. The number of carbonyl (C=O) groups excluding carboxylic acids is 1. The Balaban J connectivity index is 1.92. The van der Waals surface area contributed by atoms with E-state index in [1.807, 2.05) is 64.2 Å². The van der Waals surface area contributed by atoms with Crippen molar-refractivity contribution in [3.05, 3.63) is 70.9 Å². The molecule has 5 rings (SSSR count). The molecule has 1 aliphatic heterocycles. The smallest absolute Gasteiger partial charge is 0.335 e. The molecule has 1 atom stereocenters. The molecule has 0 saturated heterocycles. The number of carboxylic acids is 1. The topological polar surface area (TPSA) is 85.7 Å². The van der Waals surface area contributed by atoms with E-state index in [-0.39, 0.29) is 11.3 Å². The van der Waals surface area contributed by atoms with Crippen molar-refractivity contribution in [2.45, 2.75) is 52.7 Å². The van der Waals surface area contributed by atoms with E-state index in [0.29, 0.717) is 6.61 Å². The molecule has 184 valence electrons. The maximum atomic E-state index is 13.0. The highest BCUT2D eigenvalue weighted by Gasteiger charge is 2.31. The average molecular weight is 484 g/mol. The molecule has 1 aliphatic rings. The van der Waals surface area contributed by atoms with E-state index in [1.54, 1.807) is 19.1 Å². The summed E-state index contributed by atoms with van der Waals surface area (Å²) in [6.07, 6.45) is 1.80. The number of fused-ring (bicyclic) bond motifs is 1. The number of ether oxygens (including phenoxy) is 2. The first-order valence-corrected chi connectivity index (χ1v) is 12.1. The molecule has 6 nitrogen and oxygen atoms in total. The van der Waals surface area contributed by atoms with Crippen LogP contribution in [0.2, 0.25) is 0 Å². The summed E-state index contributed by atoms with van der Waals surface area (Å²) in [4.78, 5) is 29.5. The van der Waals surface area contributed by atoms with Crippen molar-refractivity contribution in [2.75, 3.05) is 6.61 Å². The number of benzene rings is 3. The molecule has 3 aromatic carbocycles. The van der Waals surface area contributed by atoms with Crippen molar-refractivity contribution in [1.82, 2.24) is 4.98 Å². The van der Waals surface area contributed by atoms with Crippen molar-refractivity contribution >= 4 is 33.4 Å². The molecule has 0 amide bonds. The number of Topliss-reactive ketones (excluding diaryl/α,β-unsaturated/α-hetero) is 1. The predicted molar refractivity (Wildman–Crippen MR) is 140 cm³/mol. The average Bonchev–Trinajstić information content (AvgIpc) is 2.81. The van der Waals surface area contributed by atoms with Gasteiger partial charge in [-0.15, -0.1) is 0 Å². The second-order valence-corrected chi connectivity index (χ2v) is 10.3. The van der Waals surface area contributed by atoms with Crippen molar-refractivity contribution in [3.8, 4) is 16.9 Å². The second-order valence-electron chi connectivity index (χ2n) is 10.3. The fourth-order valence-corrected chi connectivity index (χ4v) is 5.13. The van der Waals surface area contributed by atoms with E-state index in [2.05, 4.69) is 0 Å². The van der Waals surface area contributed by atoms with Crippen LogP contribution in [0.1, 0.15) is 60.8 Å². The third kappa shape index (κ3) is 4.11. The highest BCUT2D eigenvalue weighted by atomic mass is 16.5. The van der Waals surface area contributed by atoms with Gasteiger partial charge in [0.05, 0.1) is 23.3 Å². The normalized spacial score (nSPS) is 14.0. The lowest BCUT2D eigenvalue weighted by Gasteiger charge is -2.30. The maximum Gasteiger partial charge on any atom is 0.335 e. The number of carbonyl (C=O) groups is 2. The molecule has 6 heteroatoms. The third-order valence-electron chi connectivity index (χ3n) is 6.58. The van der Waals surface area contributed by atoms with Gasteiger partial charge >= 0.3 is 5.97 Å². The number of hydrogen-bond acceptors (Lipinski definition) is 5. The van der Waals surface area contributed by atoms with Gasteiger partial charge < -0.3 is 14.6 Å². The molecule has 1 unspecified atom stereocenters. The molecule has 4 aromatic rings. The van der Waals surface area contributed by atoms with Gasteiger partial charge in [-0.1, -0.05) is 12.1 Å². The van der Waals surface area contributed by atoms with Crippen LogP contribution in [0.5, 0.6) is 5.75 Å². The van der Waals surface area contributed by atoms with Gasteiger partial charge in [0.15, 0.2) is 5.78 Å². The standard InChI is InChI=1S/C30H29NO5/c1-16-14-20-15-19(29(33)34)6-7-21(20)26(24(16)28(17(2)32)36-30(3,4)5)22-8-9-23-25-18(11-13-35-23)10-12-31-27(22)25/h6-10,12,14-15,28H,11,13H2,1-5H3,(H,33,34). The summed E-state index contributed by atoms with van der Waals surface area (Å²) in [5, 5.41) is 12.2. The summed E-state index contributed by atoms with van der Waals surface area (Å²) in [7, 11) is 0. The molecule has 0 radical (unpaired) electrons. The van der Waals surface area contributed by atoms with Crippen molar-refractivity contribution in [3.63, 3.8) is 0 Å². The highest BCUT2D eigenvalue weighted by molar-refractivity contribution is 6.10. The zero-order chi connectivity index (χ0) is 25.8. The minimum absolute atomic E-state index is 0.102. The second kappa shape index (κ2) is 8.71. The Kier molecular flexibility index (Phi) is 5.80. The Morgan fingerprint density at radius 3 is 2.58 bits per heavy atom. The quantitative estimate of drug-likeness (QED) is 0.351. The zero-order valence-corrected chi connectivity index (χ0v) is 21.1.